The molecule has 148 valence electrons. The summed E-state index contributed by atoms with van der Waals surface area (Å²) in [6, 6.07) is 3.34. The number of nitrogens with zero attached hydrogens (tertiary/aromatic N) is 2. The second-order valence-electron chi connectivity index (χ2n) is 6.67. The summed E-state index contributed by atoms with van der Waals surface area (Å²) in [5.74, 6) is -1.00. The Bertz CT molecular complexity index is 826. The van der Waals surface area contributed by atoms with E-state index in [1.165, 1.54) is 19.2 Å². The quantitative estimate of drug-likeness (QED) is 0.801. The number of amides is 1. The highest BCUT2D eigenvalue weighted by Crippen LogP contribution is 2.30. The maximum Gasteiger partial charge on any atom is 0.435 e. The summed E-state index contributed by atoms with van der Waals surface area (Å²) in [6.45, 7) is 4.66. The molecule has 1 aromatic heterocycles. The summed E-state index contributed by atoms with van der Waals surface area (Å²) in [7, 11) is 1.24. The molecule has 0 aliphatic rings. The molecular weight excluding hydrogens is 370 g/mol. The molecule has 0 bridgehead atoms. The van der Waals surface area contributed by atoms with Gasteiger partial charge in [0.15, 0.2) is 17.3 Å². The Hall–Kier alpha value is -2.78. The van der Waals surface area contributed by atoms with Crippen LogP contribution in [0.5, 0.6) is 5.75 Å². The van der Waals surface area contributed by atoms with Crippen LogP contribution in [0.25, 0.3) is 5.69 Å². The predicted molar refractivity (Wildman–Crippen MR) is 88.1 cm³/mol. The summed E-state index contributed by atoms with van der Waals surface area (Å²) < 4.78 is 63.7. The number of benzene rings is 1. The van der Waals surface area contributed by atoms with Gasteiger partial charge in [-0.15, -0.1) is 0 Å². The van der Waals surface area contributed by atoms with E-state index in [-0.39, 0.29) is 17.0 Å². The number of hydrogen-bond acceptors (Lipinski definition) is 4. The van der Waals surface area contributed by atoms with E-state index in [4.69, 9.17) is 9.47 Å². The fourth-order valence-electron chi connectivity index (χ4n) is 2.19. The van der Waals surface area contributed by atoms with Gasteiger partial charge < -0.3 is 14.8 Å². The highest BCUT2D eigenvalue weighted by atomic mass is 19.4. The lowest BCUT2D eigenvalue weighted by Crippen LogP contribution is -2.40. The van der Waals surface area contributed by atoms with E-state index in [2.05, 4.69) is 10.4 Å². The number of alkyl carbamates (subject to hydrolysis) is 1. The number of ether oxygens (including phenoxy) is 2. The molecule has 1 N–H and O–H groups in total. The second kappa shape index (κ2) is 7.45. The van der Waals surface area contributed by atoms with Crippen molar-refractivity contribution in [1.29, 1.82) is 0 Å². The van der Waals surface area contributed by atoms with E-state index in [1.54, 1.807) is 20.8 Å². The summed E-state index contributed by atoms with van der Waals surface area (Å²) in [4.78, 5) is 11.8. The van der Waals surface area contributed by atoms with Gasteiger partial charge in [-0.25, -0.2) is 13.9 Å². The maximum atomic E-state index is 14.6. The van der Waals surface area contributed by atoms with E-state index >= 15 is 0 Å². The third-order valence-corrected chi connectivity index (χ3v) is 3.35. The molecule has 1 aromatic carbocycles. The SMILES string of the molecule is COc1ccc(-n2ccc(C(F)(F)F)n2)c(COC(=O)NC(C)(C)C)c1F. The maximum absolute atomic E-state index is 14.6. The van der Waals surface area contributed by atoms with Gasteiger partial charge in [0.05, 0.1) is 18.4 Å². The first kappa shape index (κ1) is 20.5. The first-order chi connectivity index (χ1) is 12.4. The second-order valence-corrected chi connectivity index (χ2v) is 6.67. The topological polar surface area (TPSA) is 65.4 Å². The van der Waals surface area contributed by atoms with E-state index in [0.29, 0.717) is 0 Å². The van der Waals surface area contributed by atoms with Crippen molar-refractivity contribution in [2.24, 2.45) is 0 Å². The Kier molecular flexibility index (Phi) is 5.67. The van der Waals surface area contributed by atoms with Crippen LogP contribution in [-0.2, 0) is 17.5 Å². The molecule has 0 atom stereocenters. The van der Waals surface area contributed by atoms with Gasteiger partial charge in [-0.1, -0.05) is 0 Å². The average Bonchev–Trinajstić information content (AvgIpc) is 3.01. The minimum absolute atomic E-state index is 0.00708. The summed E-state index contributed by atoms with van der Waals surface area (Å²) in [5, 5.41) is 5.96. The van der Waals surface area contributed by atoms with Gasteiger partial charge in [0.1, 0.15) is 6.61 Å². The Balaban J connectivity index is 2.37. The smallest absolute Gasteiger partial charge is 0.435 e. The number of alkyl halides is 3. The van der Waals surface area contributed by atoms with E-state index in [9.17, 15) is 22.4 Å². The summed E-state index contributed by atoms with van der Waals surface area (Å²) in [5.41, 5.74) is -1.88. The third-order valence-electron chi connectivity index (χ3n) is 3.35. The lowest BCUT2D eigenvalue weighted by atomic mass is 10.1. The largest absolute Gasteiger partial charge is 0.494 e. The van der Waals surface area contributed by atoms with Crippen LogP contribution in [0.3, 0.4) is 0 Å². The molecule has 0 saturated carbocycles. The fraction of sp³-hybridized carbons (Fsp3) is 0.412. The van der Waals surface area contributed by atoms with Crippen LogP contribution in [0.15, 0.2) is 24.4 Å². The van der Waals surface area contributed by atoms with Gasteiger partial charge in [-0.2, -0.15) is 18.3 Å². The molecule has 1 heterocycles. The first-order valence-electron chi connectivity index (χ1n) is 7.86. The van der Waals surface area contributed by atoms with E-state index < -0.39 is 35.9 Å². The molecule has 0 saturated heterocycles. The van der Waals surface area contributed by atoms with Crippen molar-refractivity contribution in [3.05, 3.63) is 41.5 Å². The van der Waals surface area contributed by atoms with Crippen LogP contribution < -0.4 is 10.1 Å². The molecule has 0 spiro atoms. The Morgan fingerprint density at radius 3 is 2.41 bits per heavy atom. The zero-order chi connectivity index (χ0) is 20.4. The molecule has 10 heteroatoms. The molecule has 2 rings (SSSR count). The zero-order valence-electron chi connectivity index (χ0n) is 15.1. The Labute approximate surface area is 153 Å². The van der Waals surface area contributed by atoms with Gasteiger partial charge in [-0.3, -0.25) is 0 Å². The van der Waals surface area contributed by atoms with Crippen molar-refractivity contribution in [2.45, 2.75) is 39.1 Å². The van der Waals surface area contributed by atoms with Crippen molar-refractivity contribution in [2.75, 3.05) is 7.11 Å². The van der Waals surface area contributed by atoms with Gasteiger partial charge >= 0.3 is 12.3 Å². The molecule has 0 aliphatic heterocycles. The molecule has 6 nitrogen and oxygen atoms in total. The van der Waals surface area contributed by atoms with Crippen molar-refractivity contribution in [3.63, 3.8) is 0 Å². The average molecular weight is 389 g/mol. The molecule has 27 heavy (non-hydrogen) atoms. The highest BCUT2D eigenvalue weighted by Gasteiger charge is 2.34. The number of halogens is 4. The van der Waals surface area contributed by atoms with E-state index in [0.717, 1.165) is 16.9 Å². The number of rotatable bonds is 4. The molecule has 0 unspecified atom stereocenters. The fourth-order valence-corrected chi connectivity index (χ4v) is 2.19. The molecule has 0 aliphatic carbocycles. The van der Waals surface area contributed by atoms with Gasteiger partial charge in [-0.05, 0) is 39.0 Å². The van der Waals surface area contributed by atoms with E-state index in [1.807, 2.05) is 0 Å². The number of carbonyl (C=O) groups is 1. The standard InChI is InChI=1S/C17H19F4N3O3/c1-16(2,3)22-15(25)27-9-10-11(5-6-12(26-4)14(10)18)24-8-7-13(23-24)17(19,20)21/h5-8H,9H2,1-4H3,(H,22,25). The van der Waals surface area contributed by atoms with Crippen LogP contribution in [0, 0.1) is 5.82 Å². The van der Waals surface area contributed by atoms with Crippen LogP contribution in [-0.4, -0.2) is 28.5 Å². The molecule has 0 radical (unpaired) electrons. The summed E-state index contributed by atoms with van der Waals surface area (Å²) >= 11 is 0. The third kappa shape index (κ3) is 5.11. The molecule has 2 aromatic rings. The predicted octanol–water partition coefficient (Wildman–Crippen LogP) is 4.06. The Morgan fingerprint density at radius 1 is 1.22 bits per heavy atom. The number of carbonyl (C=O) groups excluding carboxylic acids is 1. The van der Waals surface area contributed by atoms with Crippen molar-refractivity contribution in [3.8, 4) is 11.4 Å². The van der Waals surface area contributed by atoms with Crippen molar-refractivity contribution >= 4 is 6.09 Å². The minimum Gasteiger partial charge on any atom is -0.494 e. The zero-order valence-corrected chi connectivity index (χ0v) is 15.1. The van der Waals surface area contributed by atoms with Gasteiger partial charge in [0.2, 0.25) is 0 Å². The number of nitrogens with one attached hydrogen (secondary N) is 1. The normalized spacial score (nSPS) is 12.0. The number of aromatic nitrogens is 2. The van der Waals surface area contributed by atoms with Gasteiger partial charge in [0, 0.05) is 11.7 Å². The lowest BCUT2D eigenvalue weighted by Gasteiger charge is -2.20. The van der Waals surface area contributed by atoms with Crippen molar-refractivity contribution in [1.82, 2.24) is 15.1 Å². The van der Waals surface area contributed by atoms with Crippen LogP contribution in [0.1, 0.15) is 32.0 Å². The lowest BCUT2D eigenvalue weighted by molar-refractivity contribution is -0.141. The number of hydrogen-bond donors (Lipinski definition) is 1. The molecule has 1 amide bonds. The summed E-state index contributed by atoms with van der Waals surface area (Å²) in [6.07, 6.45) is -4.39. The Morgan fingerprint density at radius 2 is 1.89 bits per heavy atom. The van der Waals surface area contributed by atoms with Gasteiger partial charge in [0.25, 0.3) is 0 Å². The first-order valence-corrected chi connectivity index (χ1v) is 7.86. The molecular formula is C17H19F4N3O3. The van der Waals surface area contributed by atoms with Crippen LogP contribution in [0.4, 0.5) is 22.4 Å². The van der Waals surface area contributed by atoms with Crippen LogP contribution in [0.2, 0.25) is 0 Å². The monoisotopic (exact) mass is 389 g/mol. The van der Waals surface area contributed by atoms with Crippen molar-refractivity contribution < 1.29 is 31.8 Å². The molecule has 0 fully saturated rings. The van der Waals surface area contributed by atoms with Crippen LogP contribution >= 0.6 is 0 Å². The number of methoxy groups -OCH3 is 1. The highest BCUT2D eigenvalue weighted by molar-refractivity contribution is 5.68. The minimum atomic E-state index is -4.64.